The molecule has 0 aliphatic carbocycles. The van der Waals surface area contributed by atoms with E-state index in [9.17, 15) is 18.0 Å². The van der Waals surface area contributed by atoms with Crippen LogP contribution in [0, 0.1) is 13.8 Å². The third-order valence-electron chi connectivity index (χ3n) is 6.93. The molecule has 1 N–H and O–H groups in total. The maximum Gasteiger partial charge on any atom is 0.416 e. The number of carbonyl (C=O) groups is 1. The van der Waals surface area contributed by atoms with Crippen LogP contribution in [0.15, 0.2) is 42.7 Å². The molecule has 5 rings (SSSR count). The minimum atomic E-state index is -4.59. The van der Waals surface area contributed by atoms with Crippen LogP contribution in [0.2, 0.25) is 0 Å². The summed E-state index contributed by atoms with van der Waals surface area (Å²) in [6.45, 7) is 6.28. The number of alkyl halides is 3. The van der Waals surface area contributed by atoms with Crippen LogP contribution in [0.5, 0.6) is 0 Å². The topological polar surface area (TPSA) is 97.0 Å². The lowest BCUT2D eigenvalue weighted by Gasteiger charge is -2.33. The normalized spacial score (nSPS) is 14.6. The van der Waals surface area contributed by atoms with Gasteiger partial charge >= 0.3 is 6.18 Å². The van der Waals surface area contributed by atoms with Gasteiger partial charge in [0, 0.05) is 50.0 Å². The van der Waals surface area contributed by atoms with Gasteiger partial charge in [-0.15, -0.1) is 5.10 Å². The van der Waals surface area contributed by atoms with Crippen molar-refractivity contribution >= 4 is 17.5 Å². The van der Waals surface area contributed by atoms with Gasteiger partial charge in [-0.2, -0.15) is 18.3 Å². The predicted molar refractivity (Wildman–Crippen MR) is 140 cm³/mol. The Balaban J connectivity index is 1.42. The van der Waals surface area contributed by atoms with Gasteiger partial charge in [0.1, 0.15) is 17.3 Å². The molecule has 0 radical (unpaired) electrons. The van der Waals surface area contributed by atoms with E-state index in [1.54, 1.807) is 44.9 Å². The highest BCUT2D eigenvalue weighted by Crippen LogP contribution is 2.33. The van der Waals surface area contributed by atoms with Gasteiger partial charge in [0.15, 0.2) is 0 Å². The standard InChI is InChI=1S/C26H28F3N9O/c1-16-5-6-18(11-22(16)38-15-21(33-34-38)20-14-30-36(4)17(20)2)25(39)32-23-12-19(26(27,28)29)13-24(31-23)37-9-7-35(3)8-10-37/h5-6,11-15H,7-10H2,1-4H3,(H,31,32,39). The summed E-state index contributed by atoms with van der Waals surface area (Å²) in [5, 5.41) is 15.3. The molecule has 1 saturated heterocycles. The predicted octanol–water partition coefficient (Wildman–Crippen LogP) is 3.70. The summed E-state index contributed by atoms with van der Waals surface area (Å²) in [5.74, 6) is -0.574. The first-order valence-corrected chi connectivity index (χ1v) is 12.4. The number of anilines is 2. The van der Waals surface area contributed by atoms with E-state index in [0.717, 1.165) is 29.0 Å². The molecule has 1 amide bonds. The number of aromatic nitrogens is 6. The zero-order valence-electron chi connectivity index (χ0n) is 22.0. The average Bonchev–Trinajstić information content (AvgIpc) is 3.50. The maximum atomic E-state index is 13.7. The van der Waals surface area contributed by atoms with Crippen molar-refractivity contribution in [3.8, 4) is 16.9 Å². The molecule has 0 saturated carbocycles. The number of likely N-dealkylation sites (N-methyl/N-ethyl adjacent to an activating group) is 1. The second-order valence-corrected chi connectivity index (χ2v) is 9.66. The summed E-state index contributed by atoms with van der Waals surface area (Å²) >= 11 is 0. The third kappa shape index (κ3) is 5.48. The zero-order chi connectivity index (χ0) is 27.9. The lowest BCUT2D eigenvalue weighted by Crippen LogP contribution is -2.45. The Morgan fingerprint density at radius 2 is 1.77 bits per heavy atom. The quantitative estimate of drug-likeness (QED) is 0.413. The van der Waals surface area contributed by atoms with E-state index in [0.29, 0.717) is 37.6 Å². The zero-order valence-corrected chi connectivity index (χ0v) is 22.0. The fourth-order valence-corrected chi connectivity index (χ4v) is 4.38. The van der Waals surface area contributed by atoms with Crippen molar-refractivity contribution in [2.45, 2.75) is 20.0 Å². The molecule has 0 unspecified atom stereocenters. The largest absolute Gasteiger partial charge is 0.416 e. The van der Waals surface area contributed by atoms with Crippen LogP contribution in [0.4, 0.5) is 24.8 Å². The summed E-state index contributed by atoms with van der Waals surface area (Å²) in [6.07, 6.45) is -1.14. The molecule has 4 aromatic rings. The molecule has 204 valence electrons. The van der Waals surface area contributed by atoms with Crippen LogP contribution in [0.3, 0.4) is 0 Å². The van der Waals surface area contributed by atoms with Crippen LogP contribution in [-0.2, 0) is 13.2 Å². The Kier molecular flexibility index (Phi) is 6.85. The molecule has 1 aliphatic heterocycles. The first kappa shape index (κ1) is 26.4. The van der Waals surface area contributed by atoms with Gasteiger partial charge < -0.3 is 15.1 Å². The SMILES string of the molecule is Cc1ccc(C(=O)Nc2cc(C(F)(F)F)cc(N3CCN(C)CC3)n2)cc1-n1cc(-c2cnn(C)c2C)nn1. The fourth-order valence-electron chi connectivity index (χ4n) is 4.38. The number of pyridine rings is 1. The highest BCUT2D eigenvalue weighted by molar-refractivity contribution is 6.04. The van der Waals surface area contributed by atoms with Crippen molar-refractivity contribution in [2.24, 2.45) is 7.05 Å². The summed E-state index contributed by atoms with van der Waals surface area (Å²) in [6, 6.07) is 6.85. The van der Waals surface area contributed by atoms with E-state index in [-0.39, 0.29) is 17.2 Å². The lowest BCUT2D eigenvalue weighted by molar-refractivity contribution is -0.137. The van der Waals surface area contributed by atoms with Crippen molar-refractivity contribution in [2.75, 3.05) is 43.4 Å². The van der Waals surface area contributed by atoms with E-state index in [2.05, 4.69) is 30.6 Å². The van der Waals surface area contributed by atoms with Gasteiger partial charge in [0.05, 0.1) is 23.6 Å². The van der Waals surface area contributed by atoms with Gasteiger partial charge in [0.25, 0.3) is 5.91 Å². The van der Waals surface area contributed by atoms with Crippen LogP contribution in [0.25, 0.3) is 16.9 Å². The van der Waals surface area contributed by atoms with Crippen molar-refractivity contribution < 1.29 is 18.0 Å². The Labute approximate surface area is 223 Å². The Morgan fingerprint density at radius 3 is 2.44 bits per heavy atom. The van der Waals surface area contributed by atoms with Gasteiger partial charge in [-0.1, -0.05) is 11.3 Å². The van der Waals surface area contributed by atoms with E-state index >= 15 is 0 Å². The van der Waals surface area contributed by atoms with Gasteiger partial charge in [-0.3, -0.25) is 9.48 Å². The summed E-state index contributed by atoms with van der Waals surface area (Å²) in [5.41, 5.74) is 3.20. The molecule has 13 heteroatoms. The summed E-state index contributed by atoms with van der Waals surface area (Å²) < 4.78 is 44.4. The molecule has 0 atom stereocenters. The third-order valence-corrected chi connectivity index (χ3v) is 6.93. The van der Waals surface area contributed by atoms with Gasteiger partial charge in [0.2, 0.25) is 0 Å². The lowest BCUT2D eigenvalue weighted by atomic mass is 10.1. The first-order valence-electron chi connectivity index (χ1n) is 12.4. The number of aryl methyl sites for hydroxylation is 2. The van der Waals surface area contributed by atoms with Crippen LogP contribution in [-0.4, -0.2) is 73.8 Å². The van der Waals surface area contributed by atoms with E-state index < -0.39 is 17.6 Å². The summed E-state index contributed by atoms with van der Waals surface area (Å²) in [7, 11) is 3.79. The Bertz CT molecular complexity index is 1520. The number of amides is 1. The fraction of sp³-hybridized carbons (Fsp3) is 0.346. The molecule has 0 bridgehead atoms. The first-order chi connectivity index (χ1) is 18.5. The number of halogens is 3. The van der Waals surface area contributed by atoms with Crippen LogP contribution < -0.4 is 10.2 Å². The number of hydrogen-bond donors (Lipinski definition) is 1. The van der Waals surface area contributed by atoms with Crippen LogP contribution in [0.1, 0.15) is 27.2 Å². The molecule has 4 heterocycles. The molecular formula is C26H28F3N9O. The van der Waals surface area contributed by atoms with Crippen molar-refractivity contribution in [1.29, 1.82) is 0 Å². The monoisotopic (exact) mass is 539 g/mol. The summed E-state index contributed by atoms with van der Waals surface area (Å²) in [4.78, 5) is 21.4. The molecule has 0 spiro atoms. The number of nitrogens with one attached hydrogen (secondary N) is 1. The number of benzene rings is 1. The van der Waals surface area contributed by atoms with E-state index in [1.165, 1.54) is 0 Å². The number of nitrogens with zero attached hydrogens (tertiary/aromatic N) is 8. The molecule has 1 aromatic carbocycles. The molecule has 1 aliphatic rings. The van der Waals surface area contributed by atoms with Gasteiger partial charge in [-0.25, -0.2) is 9.67 Å². The molecule has 39 heavy (non-hydrogen) atoms. The minimum absolute atomic E-state index is 0.166. The number of carbonyl (C=O) groups excluding carboxylic acids is 1. The van der Waals surface area contributed by atoms with Crippen molar-refractivity contribution in [3.63, 3.8) is 0 Å². The highest BCUT2D eigenvalue weighted by atomic mass is 19.4. The Hall–Kier alpha value is -4.26. The number of rotatable bonds is 5. The number of piperazine rings is 1. The molecule has 3 aromatic heterocycles. The second kappa shape index (κ2) is 10.1. The maximum absolute atomic E-state index is 13.7. The van der Waals surface area contributed by atoms with Gasteiger partial charge in [-0.05, 0) is 50.7 Å². The van der Waals surface area contributed by atoms with E-state index in [1.807, 2.05) is 27.9 Å². The average molecular weight is 540 g/mol. The minimum Gasteiger partial charge on any atom is -0.354 e. The van der Waals surface area contributed by atoms with E-state index in [4.69, 9.17) is 0 Å². The molecule has 10 nitrogen and oxygen atoms in total. The Morgan fingerprint density at radius 1 is 1.03 bits per heavy atom. The van der Waals surface area contributed by atoms with Crippen molar-refractivity contribution in [1.82, 2.24) is 34.7 Å². The molecule has 1 fully saturated rings. The number of hydrogen-bond acceptors (Lipinski definition) is 7. The highest BCUT2D eigenvalue weighted by Gasteiger charge is 2.33. The second-order valence-electron chi connectivity index (χ2n) is 9.66. The van der Waals surface area contributed by atoms with Crippen molar-refractivity contribution in [3.05, 3.63) is 65.1 Å². The molecular weight excluding hydrogens is 511 g/mol. The van der Waals surface area contributed by atoms with Crippen LogP contribution >= 0.6 is 0 Å². The smallest absolute Gasteiger partial charge is 0.354 e.